The second-order valence-corrected chi connectivity index (χ2v) is 7.15. The molecule has 21 heavy (non-hydrogen) atoms. The third-order valence-corrected chi connectivity index (χ3v) is 4.11. The Morgan fingerprint density at radius 1 is 1.00 bits per heavy atom. The Labute approximate surface area is 124 Å². The van der Waals surface area contributed by atoms with Crippen LogP contribution >= 0.6 is 0 Å². The lowest BCUT2D eigenvalue weighted by atomic mass is 10.1. The summed E-state index contributed by atoms with van der Waals surface area (Å²) in [5.74, 6) is -0.328. The van der Waals surface area contributed by atoms with Crippen LogP contribution in [-0.4, -0.2) is 20.6 Å². The lowest BCUT2D eigenvalue weighted by molar-refractivity contribution is 0.102. The summed E-state index contributed by atoms with van der Waals surface area (Å²) in [5.41, 5.74) is 3.12. The Morgan fingerprint density at radius 3 is 2.19 bits per heavy atom. The van der Waals surface area contributed by atoms with Gasteiger partial charge in [-0.3, -0.25) is 4.79 Å². The van der Waals surface area contributed by atoms with E-state index in [1.165, 1.54) is 12.1 Å². The van der Waals surface area contributed by atoms with Gasteiger partial charge in [0.15, 0.2) is 9.84 Å². The van der Waals surface area contributed by atoms with Gasteiger partial charge in [0.1, 0.15) is 0 Å². The fourth-order valence-corrected chi connectivity index (χ4v) is 2.78. The number of rotatable bonds is 3. The highest BCUT2D eigenvalue weighted by molar-refractivity contribution is 7.90. The van der Waals surface area contributed by atoms with Crippen molar-refractivity contribution in [1.29, 1.82) is 0 Å². The van der Waals surface area contributed by atoms with Crippen molar-refractivity contribution in [3.05, 3.63) is 59.2 Å². The second kappa shape index (κ2) is 5.69. The van der Waals surface area contributed by atoms with E-state index in [0.717, 1.165) is 17.4 Å². The van der Waals surface area contributed by atoms with E-state index in [1.807, 2.05) is 32.0 Å². The molecule has 0 fully saturated rings. The van der Waals surface area contributed by atoms with Gasteiger partial charge in [-0.2, -0.15) is 0 Å². The second-order valence-electron chi connectivity index (χ2n) is 5.13. The van der Waals surface area contributed by atoms with Gasteiger partial charge in [-0.1, -0.05) is 12.1 Å². The van der Waals surface area contributed by atoms with E-state index in [4.69, 9.17) is 0 Å². The van der Waals surface area contributed by atoms with Crippen LogP contribution in [0.5, 0.6) is 0 Å². The van der Waals surface area contributed by atoms with Gasteiger partial charge < -0.3 is 5.32 Å². The molecule has 0 unspecified atom stereocenters. The SMILES string of the molecule is Cc1cc(C)cc(NC(=O)c2cccc(S(C)(=O)=O)c2)c1. The molecule has 0 aliphatic carbocycles. The van der Waals surface area contributed by atoms with Crippen molar-refractivity contribution >= 4 is 21.4 Å². The average molecular weight is 303 g/mol. The summed E-state index contributed by atoms with van der Waals surface area (Å²) in [6, 6.07) is 11.8. The smallest absolute Gasteiger partial charge is 0.255 e. The Bertz CT molecular complexity index is 775. The van der Waals surface area contributed by atoms with Crippen molar-refractivity contribution in [2.75, 3.05) is 11.6 Å². The molecule has 0 saturated heterocycles. The number of benzene rings is 2. The predicted octanol–water partition coefficient (Wildman–Crippen LogP) is 2.96. The van der Waals surface area contributed by atoms with E-state index in [1.54, 1.807) is 12.1 Å². The van der Waals surface area contributed by atoms with Gasteiger partial charge in [0.05, 0.1) is 4.90 Å². The van der Waals surface area contributed by atoms with Gasteiger partial charge in [0.25, 0.3) is 5.91 Å². The van der Waals surface area contributed by atoms with Gasteiger partial charge in [0.2, 0.25) is 0 Å². The summed E-state index contributed by atoms with van der Waals surface area (Å²) in [6.45, 7) is 3.90. The molecular formula is C16H17NO3S. The van der Waals surface area contributed by atoms with Crippen molar-refractivity contribution in [2.24, 2.45) is 0 Å². The standard InChI is InChI=1S/C16H17NO3S/c1-11-7-12(2)9-14(8-11)17-16(18)13-5-4-6-15(10-13)21(3,19)20/h4-10H,1-3H3,(H,17,18). The number of hydrogen-bond donors (Lipinski definition) is 1. The Balaban J connectivity index is 2.28. The molecule has 1 amide bonds. The summed E-state index contributed by atoms with van der Waals surface area (Å²) in [7, 11) is -3.33. The van der Waals surface area contributed by atoms with Gasteiger partial charge in [0, 0.05) is 17.5 Å². The minimum Gasteiger partial charge on any atom is -0.322 e. The summed E-state index contributed by atoms with van der Waals surface area (Å²) >= 11 is 0. The van der Waals surface area contributed by atoms with Gasteiger partial charge >= 0.3 is 0 Å². The molecule has 0 aliphatic rings. The number of anilines is 1. The maximum atomic E-state index is 12.2. The highest BCUT2D eigenvalue weighted by Crippen LogP contribution is 2.16. The molecule has 0 aromatic heterocycles. The van der Waals surface area contributed by atoms with Crippen molar-refractivity contribution in [3.8, 4) is 0 Å². The zero-order valence-electron chi connectivity index (χ0n) is 12.2. The van der Waals surface area contributed by atoms with Crippen LogP contribution in [0.1, 0.15) is 21.5 Å². The number of aryl methyl sites for hydroxylation is 2. The molecule has 2 rings (SSSR count). The molecule has 2 aromatic rings. The molecule has 2 aromatic carbocycles. The molecule has 4 nitrogen and oxygen atoms in total. The summed E-state index contributed by atoms with van der Waals surface area (Å²) in [5, 5.41) is 2.78. The lowest BCUT2D eigenvalue weighted by Gasteiger charge is -2.08. The topological polar surface area (TPSA) is 63.2 Å². The third kappa shape index (κ3) is 3.92. The monoisotopic (exact) mass is 303 g/mol. The number of carbonyl (C=O) groups excluding carboxylic acids is 1. The average Bonchev–Trinajstić information content (AvgIpc) is 2.36. The first-order chi connectivity index (χ1) is 9.75. The summed E-state index contributed by atoms with van der Waals surface area (Å²) in [6.07, 6.45) is 1.12. The van der Waals surface area contributed by atoms with E-state index in [-0.39, 0.29) is 10.8 Å². The predicted molar refractivity (Wildman–Crippen MR) is 83.4 cm³/mol. The fourth-order valence-electron chi connectivity index (χ4n) is 2.12. The van der Waals surface area contributed by atoms with E-state index in [9.17, 15) is 13.2 Å². The first kappa shape index (κ1) is 15.3. The molecule has 5 heteroatoms. The Hall–Kier alpha value is -2.14. The maximum absolute atomic E-state index is 12.2. The zero-order chi connectivity index (χ0) is 15.6. The van der Waals surface area contributed by atoms with Crippen LogP contribution in [0.25, 0.3) is 0 Å². The highest BCUT2D eigenvalue weighted by Gasteiger charge is 2.12. The Kier molecular flexibility index (Phi) is 4.14. The first-order valence-electron chi connectivity index (χ1n) is 6.45. The van der Waals surface area contributed by atoms with Crippen LogP contribution in [0.4, 0.5) is 5.69 Å². The van der Waals surface area contributed by atoms with E-state index >= 15 is 0 Å². The number of nitrogens with one attached hydrogen (secondary N) is 1. The van der Waals surface area contributed by atoms with Crippen LogP contribution < -0.4 is 5.32 Å². The van der Waals surface area contributed by atoms with Crippen molar-refractivity contribution in [1.82, 2.24) is 0 Å². The summed E-state index contributed by atoms with van der Waals surface area (Å²) < 4.78 is 23.0. The van der Waals surface area contributed by atoms with Crippen molar-refractivity contribution in [3.63, 3.8) is 0 Å². The number of amides is 1. The fraction of sp³-hybridized carbons (Fsp3) is 0.188. The van der Waals surface area contributed by atoms with E-state index in [2.05, 4.69) is 5.32 Å². The molecule has 0 heterocycles. The van der Waals surface area contributed by atoms with Crippen LogP contribution in [0.15, 0.2) is 47.4 Å². The van der Waals surface area contributed by atoms with Crippen molar-refractivity contribution < 1.29 is 13.2 Å². The van der Waals surface area contributed by atoms with Gasteiger partial charge in [-0.15, -0.1) is 0 Å². The van der Waals surface area contributed by atoms with Crippen LogP contribution in [0, 0.1) is 13.8 Å². The number of hydrogen-bond acceptors (Lipinski definition) is 3. The maximum Gasteiger partial charge on any atom is 0.255 e. The molecule has 1 N–H and O–H groups in total. The summed E-state index contributed by atoms with van der Waals surface area (Å²) in [4.78, 5) is 12.3. The number of carbonyl (C=O) groups is 1. The molecule has 0 bridgehead atoms. The van der Waals surface area contributed by atoms with Crippen molar-refractivity contribution in [2.45, 2.75) is 18.7 Å². The lowest BCUT2D eigenvalue weighted by Crippen LogP contribution is -2.13. The molecular weight excluding hydrogens is 286 g/mol. The molecule has 110 valence electrons. The molecule has 0 aliphatic heterocycles. The van der Waals surface area contributed by atoms with Gasteiger partial charge in [-0.25, -0.2) is 8.42 Å². The highest BCUT2D eigenvalue weighted by atomic mass is 32.2. The quantitative estimate of drug-likeness (QED) is 0.948. The zero-order valence-corrected chi connectivity index (χ0v) is 13.0. The first-order valence-corrected chi connectivity index (χ1v) is 8.34. The van der Waals surface area contributed by atoms with E-state index < -0.39 is 9.84 Å². The number of sulfone groups is 1. The van der Waals surface area contributed by atoms with Gasteiger partial charge in [-0.05, 0) is 55.3 Å². The van der Waals surface area contributed by atoms with Crippen LogP contribution in [0.2, 0.25) is 0 Å². The third-order valence-electron chi connectivity index (χ3n) is 3.00. The molecule has 0 atom stereocenters. The normalized spacial score (nSPS) is 11.2. The molecule has 0 saturated carbocycles. The molecule has 0 spiro atoms. The van der Waals surface area contributed by atoms with E-state index in [0.29, 0.717) is 11.3 Å². The van der Waals surface area contributed by atoms with Crippen LogP contribution in [0.3, 0.4) is 0 Å². The Morgan fingerprint density at radius 2 is 1.62 bits per heavy atom. The molecule has 0 radical (unpaired) electrons. The minimum absolute atomic E-state index is 0.135. The minimum atomic E-state index is -3.33. The van der Waals surface area contributed by atoms with Crippen LogP contribution in [-0.2, 0) is 9.84 Å². The largest absolute Gasteiger partial charge is 0.322 e.